The molecule has 8 nitrogen and oxygen atoms in total. The van der Waals surface area contributed by atoms with Gasteiger partial charge in [0.05, 0.1) is 12.6 Å². The van der Waals surface area contributed by atoms with Gasteiger partial charge in [0.2, 0.25) is 0 Å². The average molecular weight is 404 g/mol. The van der Waals surface area contributed by atoms with Gasteiger partial charge in [0.1, 0.15) is 19.0 Å². The molecular weight excluding hydrogens is 375 g/mol. The first-order valence-corrected chi connectivity index (χ1v) is 9.88. The van der Waals surface area contributed by atoms with Crippen molar-refractivity contribution in [3.63, 3.8) is 0 Å². The van der Waals surface area contributed by atoms with E-state index in [-0.39, 0.29) is 17.7 Å². The summed E-state index contributed by atoms with van der Waals surface area (Å²) in [5, 5.41) is 11.6. The Morgan fingerprint density at radius 1 is 1.41 bits per heavy atom. The van der Waals surface area contributed by atoms with E-state index in [2.05, 4.69) is 15.5 Å². The van der Waals surface area contributed by atoms with E-state index in [1.54, 1.807) is 18.2 Å². The van der Waals surface area contributed by atoms with Gasteiger partial charge in [0, 0.05) is 27.2 Å². The summed E-state index contributed by atoms with van der Waals surface area (Å²) in [4.78, 5) is 6.65. The minimum Gasteiger partial charge on any atom is -0.489 e. The molecule has 0 radical (unpaired) electrons. The summed E-state index contributed by atoms with van der Waals surface area (Å²) >= 11 is 0. The van der Waals surface area contributed by atoms with Crippen LogP contribution in [0.2, 0.25) is 0 Å². The van der Waals surface area contributed by atoms with Crippen LogP contribution in [0.4, 0.5) is 4.39 Å². The molecule has 1 aliphatic heterocycles. The molecule has 1 fully saturated rings. The molecular formula is C20H29FN6O2. The van der Waals surface area contributed by atoms with E-state index in [9.17, 15) is 4.39 Å². The molecule has 9 heteroatoms. The number of benzene rings is 1. The predicted molar refractivity (Wildman–Crippen MR) is 108 cm³/mol. The van der Waals surface area contributed by atoms with E-state index in [1.165, 1.54) is 6.07 Å². The summed E-state index contributed by atoms with van der Waals surface area (Å²) in [6.45, 7) is 4.69. The van der Waals surface area contributed by atoms with Crippen molar-refractivity contribution in [2.24, 2.45) is 12.0 Å². The largest absolute Gasteiger partial charge is 0.489 e. The third-order valence-corrected chi connectivity index (χ3v) is 4.95. The molecule has 1 aromatic heterocycles. The molecule has 0 spiro atoms. The van der Waals surface area contributed by atoms with E-state index in [0.29, 0.717) is 26.2 Å². The number of nitrogens with zero attached hydrogens (tertiary/aromatic N) is 5. The van der Waals surface area contributed by atoms with Gasteiger partial charge < -0.3 is 24.3 Å². The number of guanidine groups is 1. The first-order chi connectivity index (χ1) is 14.0. The van der Waals surface area contributed by atoms with Crippen LogP contribution in [0.3, 0.4) is 0 Å². The van der Waals surface area contributed by atoms with Gasteiger partial charge in [0.25, 0.3) is 0 Å². The molecule has 0 amide bonds. The van der Waals surface area contributed by atoms with Gasteiger partial charge in [-0.3, -0.25) is 0 Å². The second kappa shape index (κ2) is 10.2. The number of nitrogens with one attached hydrogen (secondary N) is 1. The molecule has 1 unspecified atom stereocenters. The first-order valence-electron chi connectivity index (χ1n) is 9.88. The highest BCUT2D eigenvalue weighted by atomic mass is 19.1. The molecule has 1 N–H and O–H groups in total. The Hall–Kier alpha value is -2.68. The Labute approximate surface area is 170 Å². The van der Waals surface area contributed by atoms with Gasteiger partial charge in [-0.25, -0.2) is 9.38 Å². The average Bonchev–Trinajstić information content (AvgIpc) is 3.34. The zero-order valence-corrected chi connectivity index (χ0v) is 17.3. The Morgan fingerprint density at radius 3 is 2.93 bits per heavy atom. The number of hydrogen-bond acceptors (Lipinski definition) is 5. The van der Waals surface area contributed by atoms with Crippen molar-refractivity contribution in [2.75, 3.05) is 33.4 Å². The van der Waals surface area contributed by atoms with E-state index in [1.807, 2.05) is 30.5 Å². The molecule has 0 bridgehead atoms. The SMILES string of the molecule is Cc1nnc(CN=C(NCC2CCCO2)N(C)CCOc2ccccc2F)n1C. The Bertz CT molecular complexity index is 819. The predicted octanol–water partition coefficient (Wildman–Crippen LogP) is 1.90. The smallest absolute Gasteiger partial charge is 0.194 e. The zero-order chi connectivity index (χ0) is 20.6. The first kappa shape index (κ1) is 21.0. The van der Waals surface area contributed by atoms with Crippen molar-refractivity contribution in [1.29, 1.82) is 0 Å². The highest BCUT2D eigenvalue weighted by Gasteiger charge is 2.17. The van der Waals surface area contributed by atoms with Crippen LogP contribution in [0.15, 0.2) is 29.3 Å². The van der Waals surface area contributed by atoms with Crippen LogP contribution in [-0.4, -0.2) is 65.1 Å². The molecule has 1 aliphatic rings. The summed E-state index contributed by atoms with van der Waals surface area (Å²) in [6.07, 6.45) is 2.33. The van der Waals surface area contributed by atoms with Crippen LogP contribution < -0.4 is 10.1 Å². The van der Waals surface area contributed by atoms with Crippen LogP contribution >= 0.6 is 0 Å². The molecule has 158 valence electrons. The molecule has 2 heterocycles. The molecule has 0 saturated carbocycles. The summed E-state index contributed by atoms with van der Waals surface area (Å²) in [5.74, 6) is 2.24. The number of aryl methyl sites for hydroxylation is 1. The second-order valence-corrected chi connectivity index (χ2v) is 7.08. The Kier molecular flexibility index (Phi) is 7.40. The molecule has 2 aromatic rings. The Balaban J connectivity index is 1.59. The van der Waals surface area contributed by atoms with Crippen molar-refractivity contribution in [2.45, 2.75) is 32.4 Å². The molecule has 1 atom stereocenters. The summed E-state index contributed by atoms with van der Waals surface area (Å²) in [6, 6.07) is 6.40. The second-order valence-electron chi connectivity index (χ2n) is 7.08. The van der Waals surface area contributed by atoms with Crippen molar-refractivity contribution in [1.82, 2.24) is 25.0 Å². The maximum atomic E-state index is 13.7. The topological polar surface area (TPSA) is 76.8 Å². The summed E-state index contributed by atoms with van der Waals surface area (Å²) in [7, 11) is 3.85. The van der Waals surface area contributed by atoms with Crippen molar-refractivity contribution in [3.05, 3.63) is 41.7 Å². The number of halogens is 1. The maximum Gasteiger partial charge on any atom is 0.194 e. The third-order valence-electron chi connectivity index (χ3n) is 4.95. The van der Waals surface area contributed by atoms with Crippen LogP contribution in [0.1, 0.15) is 24.5 Å². The number of aliphatic imine (C=N–C) groups is 1. The summed E-state index contributed by atoms with van der Waals surface area (Å²) in [5.41, 5.74) is 0. The van der Waals surface area contributed by atoms with E-state index in [0.717, 1.165) is 37.1 Å². The zero-order valence-electron chi connectivity index (χ0n) is 17.3. The lowest BCUT2D eigenvalue weighted by atomic mass is 10.2. The van der Waals surface area contributed by atoms with Crippen LogP contribution in [0.25, 0.3) is 0 Å². The number of rotatable bonds is 8. The summed E-state index contributed by atoms with van der Waals surface area (Å²) < 4.78 is 26.9. The highest BCUT2D eigenvalue weighted by molar-refractivity contribution is 5.79. The monoisotopic (exact) mass is 404 g/mol. The van der Waals surface area contributed by atoms with Gasteiger partial charge in [-0.15, -0.1) is 10.2 Å². The standard InChI is InChI=1S/C20H29FN6O2/c1-15-24-25-19(27(15)3)14-23-20(22-13-16-7-6-11-28-16)26(2)10-12-29-18-9-5-4-8-17(18)21/h4-5,8-9,16H,6-7,10-14H2,1-3H3,(H,22,23). The molecule has 3 rings (SSSR count). The molecule has 1 aromatic carbocycles. The molecule has 29 heavy (non-hydrogen) atoms. The van der Waals surface area contributed by atoms with Gasteiger partial charge in [-0.05, 0) is 31.9 Å². The van der Waals surface area contributed by atoms with E-state index < -0.39 is 0 Å². The van der Waals surface area contributed by atoms with E-state index >= 15 is 0 Å². The van der Waals surface area contributed by atoms with Crippen molar-refractivity contribution < 1.29 is 13.9 Å². The lowest BCUT2D eigenvalue weighted by Crippen LogP contribution is -2.43. The van der Waals surface area contributed by atoms with Gasteiger partial charge in [-0.2, -0.15) is 0 Å². The lowest BCUT2D eigenvalue weighted by molar-refractivity contribution is 0.113. The maximum absolute atomic E-state index is 13.7. The number of hydrogen-bond donors (Lipinski definition) is 1. The Morgan fingerprint density at radius 2 is 2.24 bits per heavy atom. The number of para-hydroxylation sites is 1. The number of ether oxygens (including phenoxy) is 2. The normalized spacial score (nSPS) is 16.8. The highest BCUT2D eigenvalue weighted by Crippen LogP contribution is 2.15. The fourth-order valence-corrected chi connectivity index (χ4v) is 3.02. The minimum atomic E-state index is -0.363. The van der Waals surface area contributed by atoms with Crippen LogP contribution in [0, 0.1) is 12.7 Å². The van der Waals surface area contributed by atoms with Crippen molar-refractivity contribution >= 4 is 5.96 Å². The van der Waals surface area contributed by atoms with Crippen molar-refractivity contribution in [3.8, 4) is 5.75 Å². The molecule has 0 aliphatic carbocycles. The third kappa shape index (κ3) is 5.90. The number of likely N-dealkylation sites (N-methyl/N-ethyl adjacent to an activating group) is 1. The van der Waals surface area contributed by atoms with Gasteiger partial charge in [-0.1, -0.05) is 12.1 Å². The minimum absolute atomic E-state index is 0.195. The van der Waals surface area contributed by atoms with Gasteiger partial charge in [0.15, 0.2) is 23.4 Å². The lowest BCUT2D eigenvalue weighted by Gasteiger charge is -2.24. The number of aromatic nitrogens is 3. The molecule has 1 saturated heterocycles. The van der Waals surface area contributed by atoms with Crippen LogP contribution in [-0.2, 0) is 18.3 Å². The fraction of sp³-hybridized carbons (Fsp3) is 0.550. The fourth-order valence-electron chi connectivity index (χ4n) is 3.02. The van der Waals surface area contributed by atoms with Gasteiger partial charge >= 0.3 is 0 Å². The quantitative estimate of drug-likeness (QED) is 0.535. The van der Waals surface area contributed by atoms with Crippen LogP contribution in [0.5, 0.6) is 5.75 Å². The van der Waals surface area contributed by atoms with E-state index in [4.69, 9.17) is 14.5 Å².